The lowest BCUT2D eigenvalue weighted by Gasteiger charge is -2.17. The standard InChI is InChI=1S/C14H12F3NO/c15-10-7-5-9(6-8-10)13(18)11-3-1-2-4-12(11)19-14(16)17/h1-8,13-14H,18H2. The fraction of sp³-hybridized carbons (Fsp3) is 0.143. The van der Waals surface area contributed by atoms with E-state index in [0.717, 1.165) is 0 Å². The van der Waals surface area contributed by atoms with Crippen LogP contribution in [0.4, 0.5) is 13.2 Å². The molecule has 0 amide bonds. The van der Waals surface area contributed by atoms with Crippen molar-refractivity contribution in [1.82, 2.24) is 0 Å². The van der Waals surface area contributed by atoms with Gasteiger partial charge in [-0.3, -0.25) is 0 Å². The first kappa shape index (κ1) is 13.4. The van der Waals surface area contributed by atoms with Crippen molar-refractivity contribution in [3.63, 3.8) is 0 Å². The van der Waals surface area contributed by atoms with E-state index >= 15 is 0 Å². The van der Waals surface area contributed by atoms with Crippen LogP contribution in [-0.2, 0) is 0 Å². The van der Waals surface area contributed by atoms with Gasteiger partial charge in [0.15, 0.2) is 0 Å². The molecule has 5 heteroatoms. The third kappa shape index (κ3) is 3.26. The molecule has 2 aromatic carbocycles. The van der Waals surface area contributed by atoms with E-state index in [0.29, 0.717) is 11.1 Å². The molecule has 0 aliphatic carbocycles. The maximum atomic E-state index is 12.8. The van der Waals surface area contributed by atoms with Crippen molar-refractivity contribution < 1.29 is 17.9 Å². The monoisotopic (exact) mass is 267 g/mol. The van der Waals surface area contributed by atoms with E-state index < -0.39 is 12.7 Å². The Kier molecular flexibility index (Phi) is 4.06. The van der Waals surface area contributed by atoms with Gasteiger partial charge in [-0.25, -0.2) is 4.39 Å². The summed E-state index contributed by atoms with van der Waals surface area (Å²) in [5.41, 5.74) is 7.04. The van der Waals surface area contributed by atoms with Crippen LogP contribution in [0.25, 0.3) is 0 Å². The van der Waals surface area contributed by atoms with Gasteiger partial charge in [0, 0.05) is 5.56 Å². The van der Waals surface area contributed by atoms with E-state index in [2.05, 4.69) is 4.74 Å². The van der Waals surface area contributed by atoms with Crippen molar-refractivity contribution in [3.05, 3.63) is 65.5 Å². The van der Waals surface area contributed by atoms with Gasteiger partial charge >= 0.3 is 6.61 Å². The van der Waals surface area contributed by atoms with Crippen molar-refractivity contribution in [2.24, 2.45) is 5.73 Å². The van der Waals surface area contributed by atoms with Gasteiger partial charge in [0.2, 0.25) is 0 Å². The molecule has 0 aliphatic heterocycles. The fourth-order valence-electron chi connectivity index (χ4n) is 1.79. The molecule has 0 fully saturated rings. The largest absolute Gasteiger partial charge is 0.434 e. The maximum Gasteiger partial charge on any atom is 0.387 e. The van der Waals surface area contributed by atoms with E-state index in [1.54, 1.807) is 18.2 Å². The number of hydrogen-bond acceptors (Lipinski definition) is 2. The predicted molar refractivity (Wildman–Crippen MR) is 65.5 cm³/mol. The van der Waals surface area contributed by atoms with E-state index in [4.69, 9.17) is 5.73 Å². The van der Waals surface area contributed by atoms with E-state index in [1.807, 2.05) is 0 Å². The highest BCUT2D eigenvalue weighted by molar-refractivity contribution is 5.41. The van der Waals surface area contributed by atoms with Gasteiger partial charge in [-0.15, -0.1) is 0 Å². The van der Waals surface area contributed by atoms with Crippen LogP contribution in [0.3, 0.4) is 0 Å². The number of hydrogen-bond donors (Lipinski definition) is 1. The summed E-state index contributed by atoms with van der Waals surface area (Å²) in [6.45, 7) is -2.92. The molecule has 0 aliphatic rings. The predicted octanol–water partition coefficient (Wildman–Crippen LogP) is 3.48. The molecule has 0 radical (unpaired) electrons. The summed E-state index contributed by atoms with van der Waals surface area (Å²) in [5, 5.41) is 0. The average Bonchev–Trinajstić information content (AvgIpc) is 2.39. The van der Waals surface area contributed by atoms with Crippen molar-refractivity contribution in [3.8, 4) is 5.75 Å². The second kappa shape index (κ2) is 5.75. The topological polar surface area (TPSA) is 35.2 Å². The molecule has 1 atom stereocenters. The first-order valence-corrected chi connectivity index (χ1v) is 5.62. The smallest absolute Gasteiger partial charge is 0.387 e. The maximum absolute atomic E-state index is 12.8. The summed E-state index contributed by atoms with van der Waals surface area (Å²) in [4.78, 5) is 0. The van der Waals surface area contributed by atoms with Crippen LogP contribution in [0.15, 0.2) is 48.5 Å². The zero-order valence-corrected chi connectivity index (χ0v) is 9.89. The number of ether oxygens (including phenoxy) is 1. The Morgan fingerprint density at radius 3 is 2.21 bits per heavy atom. The summed E-state index contributed by atoms with van der Waals surface area (Å²) in [7, 11) is 0. The third-order valence-corrected chi connectivity index (χ3v) is 2.70. The molecule has 2 N–H and O–H groups in total. The number of para-hydroxylation sites is 1. The van der Waals surface area contributed by atoms with Crippen LogP contribution >= 0.6 is 0 Å². The van der Waals surface area contributed by atoms with Gasteiger partial charge in [0.05, 0.1) is 6.04 Å². The quantitative estimate of drug-likeness (QED) is 0.920. The SMILES string of the molecule is NC(c1ccc(F)cc1)c1ccccc1OC(F)F. The zero-order chi connectivity index (χ0) is 13.8. The molecule has 0 heterocycles. The van der Waals surface area contributed by atoms with Crippen molar-refractivity contribution in [2.75, 3.05) is 0 Å². The van der Waals surface area contributed by atoms with Crippen LogP contribution in [-0.4, -0.2) is 6.61 Å². The second-order valence-electron chi connectivity index (χ2n) is 3.95. The van der Waals surface area contributed by atoms with Gasteiger partial charge in [0.25, 0.3) is 0 Å². The average molecular weight is 267 g/mol. The number of rotatable bonds is 4. The van der Waals surface area contributed by atoms with Gasteiger partial charge in [-0.05, 0) is 23.8 Å². The summed E-state index contributed by atoms with van der Waals surface area (Å²) >= 11 is 0. The molecular formula is C14H12F3NO. The molecule has 1 unspecified atom stereocenters. The number of benzene rings is 2. The Hall–Kier alpha value is -2.01. The summed E-state index contributed by atoms with van der Waals surface area (Å²) < 4.78 is 41.9. The minimum absolute atomic E-state index is 0.0225. The molecule has 0 bridgehead atoms. The van der Waals surface area contributed by atoms with Crippen LogP contribution in [0, 0.1) is 5.82 Å². The minimum atomic E-state index is -2.92. The highest BCUT2D eigenvalue weighted by Gasteiger charge is 2.16. The van der Waals surface area contributed by atoms with E-state index in [-0.39, 0.29) is 11.6 Å². The molecule has 19 heavy (non-hydrogen) atoms. The van der Waals surface area contributed by atoms with E-state index in [9.17, 15) is 13.2 Å². The second-order valence-corrected chi connectivity index (χ2v) is 3.95. The van der Waals surface area contributed by atoms with E-state index in [1.165, 1.54) is 30.3 Å². The molecule has 0 spiro atoms. The summed E-state index contributed by atoms with van der Waals surface area (Å²) in [6, 6.07) is 11.2. The van der Waals surface area contributed by atoms with Gasteiger partial charge in [0.1, 0.15) is 11.6 Å². The first-order valence-electron chi connectivity index (χ1n) is 5.62. The fourth-order valence-corrected chi connectivity index (χ4v) is 1.79. The lowest BCUT2D eigenvalue weighted by molar-refractivity contribution is -0.0505. The number of alkyl halides is 2. The van der Waals surface area contributed by atoms with Crippen molar-refractivity contribution in [2.45, 2.75) is 12.7 Å². The molecule has 0 saturated carbocycles. The van der Waals surface area contributed by atoms with Gasteiger partial charge in [-0.2, -0.15) is 8.78 Å². The van der Waals surface area contributed by atoms with Crippen LogP contribution in [0.2, 0.25) is 0 Å². The summed E-state index contributed by atoms with van der Waals surface area (Å²) in [6.07, 6.45) is 0. The highest BCUT2D eigenvalue weighted by atomic mass is 19.3. The van der Waals surface area contributed by atoms with Crippen LogP contribution in [0.1, 0.15) is 17.2 Å². The lowest BCUT2D eigenvalue weighted by Crippen LogP contribution is -2.14. The van der Waals surface area contributed by atoms with Gasteiger partial charge < -0.3 is 10.5 Å². The minimum Gasteiger partial charge on any atom is -0.434 e. The zero-order valence-electron chi connectivity index (χ0n) is 9.89. The first-order chi connectivity index (χ1) is 9.08. The van der Waals surface area contributed by atoms with Crippen molar-refractivity contribution >= 4 is 0 Å². The Morgan fingerprint density at radius 2 is 1.58 bits per heavy atom. The third-order valence-electron chi connectivity index (χ3n) is 2.70. The van der Waals surface area contributed by atoms with Crippen LogP contribution < -0.4 is 10.5 Å². The van der Waals surface area contributed by atoms with Gasteiger partial charge in [-0.1, -0.05) is 30.3 Å². The molecule has 0 aromatic heterocycles. The number of halogens is 3. The molecule has 100 valence electrons. The van der Waals surface area contributed by atoms with Crippen molar-refractivity contribution in [1.29, 1.82) is 0 Å². The normalized spacial score (nSPS) is 12.5. The Balaban J connectivity index is 2.32. The molecule has 2 aromatic rings. The molecule has 2 nitrogen and oxygen atoms in total. The lowest BCUT2D eigenvalue weighted by atomic mass is 9.99. The number of nitrogens with two attached hydrogens (primary N) is 1. The Labute approximate surface area is 108 Å². The Bertz CT molecular complexity index is 543. The Morgan fingerprint density at radius 1 is 0.947 bits per heavy atom. The summed E-state index contributed by atoms with van der Waals surface area (Å²) in [5.74, 6) is -0.359. The highest BCUT2D eigenvalue weighted by Crippen LogP contribution is 2.29. The molecule has 2 rings (SSSR count). The molecular weight excluding hydrogens is 255 g/mol. The van der Waals surface area contributed by atoms with Crippen LogP contribution in [0.5, 0.6) is 5.75 Å². The molecule has 0 saturated heterocycles.